The van der Waals surface area contributed by atoms with Gasteiger partial charge in [-0.05, 0) is 5.56 Å². The molecule has 1 aromatic carbocycles. The molecule has 1 aromatic heterocycles. The maximum atomic E-state index is 11.7. The second-order valence-electron chi connectivity index (χ2n) is 3.55. The van der Waals surface area contributed by atoms with E-state index in [1.807, 2.05) is 30.3 Å². The number of aromatic nitrogens is 2. The van der Waals surface area contributed by atoms with Crippen LogP contribution < -0.4 is 5.32 Å². The van der Waals surface area contributed by atoms with Crippen LogP contribution in [-0.4, -0.2) is 15.7 Å². The molecule has 82 valence electrons. The van der Waals surface area contributed by atoms with Crippen LogP contribution in [0, 0.1) is 0 Å². The van der Waals surface area contributed by atoms with Crippen molar-refractivity contribution in [3.8, 4) is 0 Å². The van der Waals surface area contributed by atoms with Gasteiger partial charge in [0, 0.05) is 13.1 Å². The number of nitrogens with zero attached hydrogens (tertiary/aromatic N) is 2. The molecule has 16 heavy (non-hydrogen) atoms. The summed E-state index contributed by atoms with van der Waals surface area (Å²) in [5.74, 6) is 0.677. The zero-order chi connectivity index (χ0) is 11.4. The Kier molecular flexibility index (Phi) is 3.00. The summed E-state index contributed by atoms with van der Waals surface area (Å²) in [5, 5.41) is 6.78. The van der Waals surface area contributed by atoms with Crippen molar-refractivity contribution >= 4 is 11.7 Å². The molecule has 0 aliphatic rings. The van der Waals surface area contributed by atoms with Crippen LogP contribution in [-0.2, 0) is 18.3 Å². The number of benzene rings is 1. The van der Waals surface area contributed by atoms with Crippen molar-refractivity contribution in [1.29, 1.82) is 0 Å². The van der Waals surface area contributed by atoms with Gasteiger partial charge in [-0.3, -0.25) is 9.48 Å². The van der Waals surface area contributed by atoms with Crippen LogP contribution in [0.3, 0.4) is 0 Å². The molecule has 0 spiro atoms. The Morgan fingerprint density at radius 2 is 2.06 bits per heavy atom. The predicted octanol–water partition coefficient (Wildman–Crippen LogP) is 1.60. The highest BCUT2D eigenvalue weighted by atomic mass is 16.1. The molecule has 0 bridgehead atoms. The van der Waals surface area contributed by atoms with Gasteiger partial charge < -0.3 is 5.32 Å². The van der Waals surface area contributed by atoms with Crippen LogP contribution in [0.2, 0.25) is 0 Å². The minimum Gasteiger partial charge on any atom is -0.311 e. The van der Waals surface area contributed by atoms with Crippen molar-refractivity contribution < 1.29 is 4.79 Å². The number of rotatable bonds is 3. The lowest BCUT2D eigenvalue weighted by Gasteiger charge is -2.04. The average Bonchev–Trinajstić information content (AvgIpc) is 2.66. The van der Waals surface area contributed by atoms with E-state index in [1.165, 1.54) is 0 Å². The lowest BCUT2D eigenvalue weighted by Crippen LogP contribution is -2.16. The minimum absolute atomic E-state index is 0.0326. The largest absolute Gasteiger partial charge is 0.311 e. The first-order chi connectivity index (χ1) is 7.75. The van der Waals surface area contributed by atoms with Gasteiger partial charge in [0.15, 0.2) is 0 Å². The Bertz CT molecular complexity index is 476. The molecule has 0 radical (unpaired) electrons. The second kappa shape index (κ2) is 4.61. The van der Waals surface area contributed by atoms with Gasteiger partial charge in [-0.1, -0.05) is 30.3 Å². The van der Waals surface area contributed by atoms with E-state index in [1.54, 1.807) is 24.0 Å². The average molecular weight is 215 g/mol. The molecule has 0 saturated heterocycles. The highest BCUT2D eigenvalue weighted by Gasteiger charge is 2.05. The predicted molar refractivity (Wildman–Crippen MR) is 62.0 cm³/mol. The molecule has 1 heterocycles. The number of anilines is 1. The first kappa shape index (κ1) is 10.4. The summed E-state index contributed by atoms with van der Waals surface area (Å²) in [7, 11) is 1.79. The summed E-state index contributed by atoms with van der Waals surface area (Å²) < 4.78 is 1.63. The maximum Gasteiger partial charge on any atom is 0.229 e. The van der Waals surface area contributed by atoms with E-state index in [4.69, 9.17) is 0 Å². The van der Waals surface area contributed by atoms with E-state index in [2.05, 4.69) is 10.4 Å². The fourth-order valence-electron chi connectivity index (χ4n) is 1.46. The minimum atomic E-state index is -0.0326. The van der Waals surface area contributed by atoms with Crippen LogP contribution >= 0.6 is 0 Å². The number of amides is 1. The van der Waals surface area contributed by atoms with Crippen molar-refractivity contribution in [2.45, 2.75) is 6.42 Å². The van der Waals surface area contributed by atoms with E-state index in [0.717, 1.165) is 5.56 Å². The van der Waals surface area contributed by atoms with Crippen molar-refractivity contribution in [3.63, 3.8) is 0 Å². The fourth-order valence-corrected chi connectivity index (χ4v) is 1.46. The van der Waals surface area contributed by atoms with Crippen molar-refractivity contribution in [2.24, 2.45) is 7.05 Å². The summed E-state index contributed by atoms with van der Waals surface area (Å²) in [6.07, 6.45) is 2.03. The topological polar surface area (TPSA) is 46.9 Å². The zero-order valence-electron chi connectivity index (χ0n) is 9.05. The SMILES string of the molecule is Cn1nccc1NC(=O)Cc1ccccc1. The molecule has 1 N–H and O–H groups in total. The molecule has 0 fully saturated rings. The molecule has 0 saturated carbocycles. The van der Waals surface area contributed by atoms with Gasteiger partial charge in [0.2, 0.25) is 5.91 Å². The van der Waals surface area contributed by atoms with E-state index in [0.29, 0.717) is 12.2 Å². The van der Waals surface area contributed by atoms with Crippen LogP contribution in [0.15, 0.2) is 42.6 Å². The molecule has 0 unspecified atom stereocenters. The first-order valence-electron chi connectivity index (χ1n) is 5.07. The van der Waals surface area contributed by atoms with Gasteiger partial charge in [-0.25, -0.2) is 0 Å². The van der Waals surface area contributed by atoms with E-state index >= 15 is 0 Å². The Balaban J connectivity index is 1.98. The summed E-state index contributed by atoms with van der Waals surface area (Å²) in [5.41, 5.74) is 1.00. The van der Waals surface area contributed by atoms with Gasteiger partial charge in [-0.2, -0.15) is 5.10 Å². The van der Waals surface area contributed by atoms with E-state index < -0.39 is 0 Å². The molecular weight excluding hydrogens is 202 g/mol. The van der Waals surface area contributed by atoms with Crippen molar-refractivity contribution in [2.75, 3.05) is 5.32 Å². The Labute approximate surface area is 93.9 Å². The van der Waals surface area contributed by atoms with Crippen molar-refractivity contribution in [3.05, 3.63) is 48.2 Å². The zero-order valence-corrected chi connectivity index (χ0v) is 9.05. The lowest BCUT2D eigenvalue weighted by atomic mass is 10.1. The molecular formula is C12H13N3O. The van der Waals surface area contributed by atoms with Gasteiger partial charge >= 0.3 is 0 Å². The molecule has 2 rings (SSSR count). The van der Waals surface area contributed by atoms with Crippen LogP contribution in [0.5, 0.6) is 0 Å². The molecule has 0 aliphatic heterocycles. The molecule has 0 atom stereocenters. The highest BCUT2D eigenvalue weighted by Crippen LogP contribution is 2.05. The third-order valence-electron chi connectivity index (χ3n) is 2.30. The quantitative estimate of drug-likeness (QED) is 0.845. The van der Waals surface area contributed by atoms with Crippen LogP contribution in [0.4, 0.5) is 5.82 Å². The van der Waals surface area contributed by atoms with Crippen LogP contribution in [0.1, 0.15) is 5.56 Å². The second-order valence-corrected chi connectivity index (χ2v) is 3.55. The Hall–Kier alpha value is -2.10. The van der Waals surface area contributed by atoms with E-state index in [-0.39, 0.29) is 5.91 Å². The Morgan fingerprint density at radius 1 is 1.31 bits per heavy atom. The lowest BCUT2D eigenvalue weighted by molar-refractivity contribution is -0.115. The summed E-state index contributed by atoms with van der Waals surface area (Å²) in [6.45, 7) is 0. The highest BCUT2D eigenvalue weighted by molar-refractivity contribution is 5.91. The standard InChI is InChI=1S/C12H13N3O/c1-15-11(7-8-13-15)14-12(16)9-10-5-3-2-4-6-10/h2-8H,9H2,1H3,(H,14,16). The first-order valence-corrected chi connectivity index (χ1v) is 5.07. The molecule has 0 aliphatic carbocycles. The van der Waals surface area contributed by atoms with Crippen molar-refractivity contribution in [1.82, 2.24) is 9.78 Å². The van der Waals surface area contributed by atoms with Crippen LogP contribution in [0.25, 0.3) is 0 Å². The van der Waals surface area contributed by atoms with Gasteiger partial charge in [-0.15, -0.1) is 0 Å². The number of nitrogens with one attached hydrogen (secondary N) is 1. The normalized spacial score (nSPS) is 10.1. The molecule has 2 aromatic rings. The number of aryl methyl sites for hydroxylation is 1. The third-order valence-corrected chi connectivity index (χ3v) is 2.30. The monoisotopic (exact) mass is 215 g/mol. The maximum absolute atomic E-state index is 11.7. The molecule has 4 heteroatoms. The fraction of sp³-hybridized carbons (Fsp3) is 0.167. The number of carbonyl (C=O) groups excluding carboxylic acids is 1. The third kappa shape index (κ3) is 2.48. The number of hydrogen-bond donors (Lipinski definition) is 1. The van der Waals surface area contributed by atoms with Gasteiger partial charge in [0.25, 0.3) is 0 Å². The summed E-state index contributed by atoms with van der Waals surface area (Å²) in [4.78, 5) is 11.7. The molecule has 1 amide bonds. The van der Waals surface area contributed by atoms with Gasteiger partial charge in [0.05, 0.1) is 12.6 Å². The smallest absolute Gasteiger partial charge is 0.229 e. The number of hydrogen-bond acceptors (Lipinski definition) is 2. The van der Waals surface area contributed by atoms with Gasteiger partial charge in [0.1, 0.15) is 5.82 Å². The summed E-state index contributed by atoms with van der Waals surface area (Å²) >= 11 is 0. The number of carbonyl (C=O) groups is 1. The van der Waals surface area contributed by atoms with E-state index in [9.17, 15) is 4.79 Å². The Morgan fingerprint density at radius 3 is 2.69 bits per heavy atom. The molecule has 4 nitrogen and oxygen atoms in total. The summed E-state index contributed by atoms with van der Waals surface area (Å²) in [6, 6.07) is 11.4.